The van der Waals surface area contributed by atoms with E-state index in [2.05, 4.69) is 44.7 Å². The monoisotopic (exact) mass is 277 g/mol. The van der Waals surface area contributed by atoms with E-state index >= 15 is 0 Å². The second-order valence-electron chi connectivity index (χ2n) is 6.62. The van der Waals surface area contributed by atoms with Crippen molar-refractivity contribution in [2.45, 2.75) is 53.7 Å². The van der Waals surface area contributed by atoms with Crippen LogP contribution in [0, 0.1) is 11.8 Å². The highest BCUT2D eigenvalue weighted by atomic mass is 16.3. The van der Waals surface area contributed by atoms with Gasteiger partial charge in [-0.3, -0.25) is 4.90 Å². The largest absolute Gasteiger partial charge is 0.392 e. The summed E-state index contributed by atoms with van der Waals surface area (Å²) in [5, 5.41) is 9.09. The van der Waals surface area contributed by atoms with Gasteiger partial charge in [-0.1, -0.05) is 52.0 Å². The zero-order chi connectivity index (χ0) is 15.0. The fourth-order valence-corrected chi connectivity index (χ4v) is 2.16. The zero-order valence-corrected chi connectivity index (χ0v) is 13.6. The van der Waals surface area contributed by atoms with Gasteiger partial charge >= 0.3 is 0 Å². The maximum atomic E-state index is 9.09. The molecule has 0 aliphatic carbocycles. The van der Waals surface area contributed by atoms with Crippen molar-refractivity contribution in [1.29, 1.82) is 0 Å². The summed E-state index contributed by atoms with van der Waals surface area (Å²) in [6.45, 7) is 12.6. The lowest BCUT2D eigenvalue weighted by molar-refractivity contribution is 0.235. The molecule has 0 saturated heterocycles. The maximum Gasteiger partial charge on any atom is 0.0681 e. The van der Waals surface area contributed by atoms with Crippen molar-refractivity contribution in [3.63, 3.8) is 0 Å². The number of hydrogen-bond donors (Lipinski definition) is 1. The number of nitrogens with zero attached hydrogens (tertiary/aromatic N) is 1. The fraction of sp³-hybridized carbons (Fsp3) is 0.667. The molecule has 0 unspecified atom stereocenters. The highest BCUT2D eigenvalue weighted by molar-refractivity contribution is 5.21. The summed E-state index contributed by atoms with van der Waals surface area (Å²) in [4.78, 5) is 2.56. The fourth-order valence-electron chi connectivity index (χ4n) is 2.16. The average molecular weight is 277 g/mol. The zero-order valence-electron chi connectivity index (χ0n) is 13.6. The second-order valence-corrected chi connectivity index (χ2v) is 6.62. The van der Waals surface area contributed by atoms with Gasteiger partial charge in [0, 0.05) is 6.54 Å². The van der Waals surface area contributed by atoms with Crippen molar-refractivity contribution in [2.75, 3.05) is 13.1 Å². The van der Waals surface area contributed by atoms with Gasteiger partial charge in [0.05, 0.1) is 6.61 Å². The molecule has 1 aromatic carbocycles. The first-order valence-corrected chi connectivity index (χ1v) is 7.92. The second kappa shape index (κ2) is 9.15. The molecule has 1 N–H and O–H groups in total. The topological polar surface area (TPSA) is 23.5 Å². The molecule has 0 fully saturated rings. The van der Waals surface area contributed by atoms with Crippen molar-refractivity contribution >= 4 is 0 Å². The third kappa shape index (κ3) is 7.06. The first kappa shape index (κ1) is 17.2. The van der Waals surface area contributed by atoms with E-state index in [1.807, 2.05) is 12.1 Å². The van der Waals surface area contributed by atoms with Crippen LogP contribution in [0.4, 0.5) is 0 Å². The third-order valence-corrected chi connectivity index (χ3v) is 3.66. The molecule has 0 spiro atoms. The van der Waals surface area contributed by atoms with Crippen LogP contribution in [-0.2, 0) is 13.2 Å². The molecule has 0 aromatic heterocycles. The molecular formula is C18H31NO. The Kier molecular flexibility index (Phi) is 7.86. The predicted molar refractivity (Wildman–Crippen MR) is 86.6 cm³/mol. The number of rotatable bonds is 9. The van der Waals surface area contributed by atoms with Crippen LogP contribution < -0.4 is 0 Å². The summed E-state index contributed by atoms with van der Waals surface area (Å²) < 4.78 is 0. The lowest BCUT2D eigenvalue weighted by atomic mass is 10.1. The van der Waals surface area contributed by atoms with Gasteiger partial charge in [0.1, 0.15) is 0 Å². The van der Waals surface area contributed by atoms with Crippen molar-refractivity contribution in [3.05, 3.63) is 35.4 Å². The van der Waals surface area contributed by atoms with Crippen LogP contribution in [0.1, 0.15) is 51.7 Å². The molecule has 0 saturated carbocycles. The molecule has 2 heteroatoms. The highest BCUT2D eigenvalue weighted by Crippen LogP contribution is 2.12. The predicted octanol–water partition coefficient (Wildman–Crippen LogP) is 4.07. The van der Waals surface area contributed by atoms with Crippen LogP contribution in [0.2, 0.25) is 0 Å². The molecular weight excluding hydrogens is 246 g/mol. The summed E-state index contributed by atoms with van der Waals surface area (Å²) in [5.41, 5.74) is 2.33. The third-order valence-electron chi connectivity index (χ3n) is 3.66. The first-order chi connectivity index (χ1) is 9.51. The molecule has 20 heavy (non-hydrogen) atoms. The Morgan fingerprint density at radius 1 is 0.850 bits per heavy atom. The Morgan fingerprint density at radius 3 is 1.70 bits per heavy atom. The van der Waals surface area contributed by atoms with Crippen LogP contribution >= 0.6 is 0 Å². The molecule has 1 rings (SSSR count). The number of aliphatic hydroxyl groups excluding tert-OH is 1. The van der Waals surface area contributed by atoms with E-state index in [-0.39, 0.29) is 6.61 Å². The van der Waals surface area contributed by atoms with Crippen molar-refractivity contribution in [3.8, 4) is 0 Å². The molecule has 0 aliphatic heterocycles. The Hall–Kier alpha value is -0.860. The summed E-state index contributed by atoms with van der Waals surface area (Å²) in [5.74, 6) is 1.52. The van der Waals surface area contributed by atoms with Crippen molar-refractivity contribution in [2.24, 2.45) is 11.8 Å². The molecule has 0 radical (unpaired) electrons. The van der Waals surface area contributed by atoms with Gasteiger partial charge in [0.2, 0.25) is 0 Å². The Bertz CT molecular complexity index is 344. The lowest BCUT2D eigenvalue weighted by Gasteiger charge is -2.24. The SMILES string of the molecule is CC(C)CCN(CCC(C)C)Cc1ccc(CO)cc1. The van der Waals surface area contributed by atoms with Gasteiger partial charge in [-0.2, -0.15) is 0 Å². The van der Waals surface area contributed by atoms with E-state index in [1.54, 1.807) is 0 Å². The van der Waals surface area contributed by atoms with E-state index in [4.69, 9.17) is 5.11 Å². The quantitative estimate of drug-likeness (QED) is 0.735. The Morgan fingerprint density at radius 2 is 1.30 bits per heavy atom. The summed E-state index contributed by atoms with van der Waals surface area (Å²) in [7, 11) is 0. The van der Waals surface area contributed by atoms with Crippen LogP contribution in [0.25, 0.3) is 0 Å². The van der Waals surface area contributed by atoms with Crippen molar-refractivity contribution in [1.82, 2.24) is 4.90 Å². The van der Waals surface area contributed by atoms with E-state index in [0.29, 0.717) is 0 Å². The number of benzene rings is 1. The van der Waals surface area contributed by atoms with E-state index in [9.17, 15) is 0 Å². The van der Waals surface area contributed by atoms with Gasteiger partial charge in [0.15, 0.2) is 0 Å². The van der Waals surface area contributed by atoms with Gasteiger partial charge in [-0.15, -0.1) is 0 Å². The number of hydrogen-bond acceptors (Lipinski definition) is 2. The summed E-state index contributed by atoms with van der Waals surface area (Å²) in [6, 6.07) is 8.34. The van der Waals surface area contributed by atoms with Crippen molar-refractivity contribution < 1.29 is 5.11 Å². The summed E-state index contributed by atoms with van der Waals surface area (Å²) in [6.07, 6.45) is 2.51. The van der Waals surface area contributed by atoms with Crippen LogP contribution in [0.15, 0.2) is 24.3 Å². The maximum absolute atomic E-state index is 9.09. The van der Waals surface area contributed by atoms with Crippen LogP contribution in [0.5, 0.6) is 0 Å². The first-order valence-electron chi connectivity index (χ1n) is 7.92. The minimum absolute atomic E-state index is 0.130. The Balaban J connectivity index is 2.56. The molecule has 0 heterocycles. The van der Waals surface area contributed by atoms with Crippen LogP contribution in [-0.4, -0.2) is 23.1 Å². The average Bonchev–Trinajstić information content (AvgIpc) is 2.42. The van der Waals surface area contributed by atoms with E-state index in [1.165, 1.54) is 31.5 Å². The molecule has 0 amide bonds. The minimum atomic E-state index is 0.130. The lowest BCUT2D eigenvalue weighted by Crippen LogP contribution is -2.27. The molecule has 0 bridgehead atoms. The van der Waals surface area contributed by atoms with Gasteiger partial charge in [-0.25, -0.2) is 0 Å². The van der Waals surface area contributed by atoms with E-state index in [0.717, 1.165) is 23.9 Å². The van der Waals surface area contributed by atoms with Gasteiger partial charge in [0.25, 0.3) is 0 Å². The van der Waals surface area contributed by atoms with Gasteiger partial charge < -0.3 is 5.11 Å². The van der Waals surface area contributed by atoms with E-state index < -0.39 is 0 Å². The van der Waals surface area contributed by atoms with Crippen LogP contribution in [0.3, 0.4) is 0 Å². The molecule has 2 nitrogen and oxygen atoms in total. The van der Waals surface area contributed by atoms with Gasteiger partial charge in [-0.05, 0) is 48.9 Å². The smallest absolute Gasteiger partial charge is 0.0681 e. The molecule has 114 valence electrons. The number of aliphatic hydroxyl groups is 1. The normalized spacial score (nSPS) is 11.8. The molecule has 0 aliphatic rings. The standard InChI is InChI=1S/C18H31NO/c1-15(2)9-11-19(12-10-16(3)4)13-17-5-7-18(14-20)8-6-17/h5-8,15-16,20H,9-14H2,1-4H3. The minimum Gasteiger partial charge on any atom is -0.392 e. The molecule has 0 atom stereocenters. The highest BCUT2D eigenvalue weighted by Gasteiger charge is 2.08. The Labute approximate surface area is 124 Å². The summed E-state index contributed by atoms with van der Waals surface area (Å²) >= 11 is 0. The molecule has 1 aromatic rings.